The molecule has 1 aromatic carbocycles. The first kappa shape index (κ1) is 21.8. The smallest absolute Gasteiger partial charge is 0.132 e. The Hall–Kier alpha value is -2.71. The van der Waals surface area contributed by atoms with Crippen LogP contribution in [0.4, 0.5) is 5.82 Å². The van der Waals surface area contributed by atoms with Gasteiger partial charge in [-0.15, -0.1) is 0 Å². The molecular weight excluding hydrogens is 426 g/mol. The third-order valence-electron chi connectivity index (χ3n) is 7.79. The Morgan fingerprint density at radius 2 is 1.97 bits per heavy atom. The van der Waals surface area contributed by atoms with E-state index in [0.717, 1.165) is 85.3 Å². The van der Waals surface area contributed by atoms with Crippen LogP contribution in [0.2, 0.25) is 0 Å². The van der Waals surface area contributed by atoms with Crippen molar-refractivity contribution < 1.29 is 4.74 Å². The molecule has 1 atom stereocenters. The maximum Gasteiger partial charge on any atom is 0.132 e. The van der Waals surface area contributed by atoms with Gasteiger partial charge in [0.2, 0.25) is 0 Å². The molecule has 0 amide bonds. The lowest BCUT2D eigenvalue weighted by Gasteiger charge is -2.42. The third-order valence-corrected chi connectivity index (χ3v) is 7.79. The van der Waals surface area contributed by atoms with E-state index in [1.807, 2.05) is 12.1 Å². The SMILES string of the molecule is C[C@H]1CN(c2cc(-c3[nH]nc4ccc(OC5(C)CC5)cc34)ncn2)CCN1CC1CCNCC1. The van der Waals surface area contributed by atoms with Crippen molar-refractivity contribution in [3.05, 3.63) is 30.6 Å². The maximum atomic E-state index is 6.19. The van der Waals surface area contributed by atoms with Crippen molar-refractivity contribution in [3.8, 4) is 17.1 Å². The number of H-pyrrole nitrogens is 1. The summed E-state index contributed by atoms with van der Waals surface area (Å²) in [6, 6.07) is 8.71. The first-order valence-electron chi connectivity index (χ1n) is 12.8. The molecule has 2 saturated heterocycles. The van der Waals surface area contributed by atoms with Crippen LogP contribution in [0.15, 0.2) is 30.6 Å². The van der Waals surface area contributed by atoms with Crippen LogP contribution in [-0.4, -0.2) is 76.0 Å². The summed E-state index contributed by atoms with van der Waals surface area (Å²) in [4.78, 5) is 14.3. The molecule has 0 unspecified atom stereocenters. The molecule has 8 heteroatoms. The van der Waals surface area contributed by atoms with Crippen LogP contribution in [-0.2, 0) is 0 Å². The number of piperidine rings is 1. The number of aromatic amines is 1. The Labute approximate surface area is 201 Å². The first-order valence-corrected chi connectivity index (χ1v) is 12.8. The van der Waals surface area contributed by atoms with Crippen molar-refractivity contribution in [1.29, 1.82) is 0 Å². The van der Waals surface area contributed by atoms with E-state index in [0.29, 0.717) is 6.04 Å². The van der Waals surface area contributed by atoms with Crippen molar-refractivity contribution >= 4 is 16.7 Å². The first-order chi connectivity index (χ1) is 16.6. The zero-order valence-corrected chi connectivity index (χ0v) is 20.3. The molecule has 0 spiro atoms. The highest BCUT2D eigenvalue weighted by Crippen LogP contribution is 2.40. The third kappa shape index (κ3) is 4.49. The van der Waals surface area contributed by atoms with Crippen molar-refractivity contribution in [2.24, 2.45) is 5.92 Å². The molecule has 3 aliphatic rings. The van der Waals surface area contributed by atoms with Gasteiger partial charge >= 0.3 is 0 Å². The Morgan fingerprint density at radius 3 is 2.76 bits per heavy atom. The van der Waals surface area contributed by atoms with Crippen LogP contribution in [0.5, 0.6) is 5.75 Å². The van der Waals surface area contributed by atoms with Gasteiger partial charge in [0.15, 0.2) is 0 Å². The van der Waals surface area contributed by atoms with E-state index in [4.69, 9.17) is 4.74 Å². The standard InChI is InChI=1S/C26H35N7O/c1-18-15-33(12-11-32(18)16-19-5-9-27-10-6-19)24-14-23(28-17-29-24)25-21-13-20(34-26(2)7-8-26)3-4-22(21)30-31-25/h3-4,13-14,17-19,27H,5-12,15-16H2,1-2H3,(H,30,31)/t18-/m0/s1. The molecule has 8 nitrogen and oxygen atoms in total. The predicted molar refractivity (Wildman–Crippen MR) is 134 cm³/mol. The fourth-order valence-electron chi connectivity index (χ4n) is 5.34. The van der Waals surface area contributed by atoms with Gasteiger partial charge in [-0.2, -0.15) is 5.10 Å². The summed E-state index contributed by atoms with van der Waals surface area (Å²) in [6.45, 7) is 11.1. The van der Waals surface area contributed by atoms with Crippen LogP contribution < -0.4 is 15.0 Å². The van der Waals surface area contributed by atoms with Crippen LogP contribution in [0.1, 0.15) is 39.5 Å². The fourth-order valence-corrected chi connectivity index (χ4v) is 5.34. The average molecular weight is 462 g/mol. The number of nitrogens with one attached hydrogen (secondary N) is 2. The normalized spacial score (nSPS) is 23.4. The molecule has 1 aliphatic carbocycles. The largest absolute Gasteiger partial charge is 0.488 e. The number of ether oxygens (including phenoxy) is 1. The van der Waals surface area contributed by atoms with E-state index < -0.39 is 0 Å². The molecule has 4 heterocycles. The number of fused-ring (bicyclic) bond motifs is 1. The van der Waals surface area contributed by atoms with Gasteiger partial charge in [0, 0.05) is 43.7 Å². The van der Waals surface area contributed by atoms with E-state index in [9.17, 15) is 0 Å². The summed E-state index contributed by atoms with van der Waals surface area (Å²) in [7, 11) is 0. The minimum Gasteiger partial charge on any atom is -0.488 e. The highest BCUT2D eigenvalue weighted by atomic mass is 16.5. The number of hydrogen-bond acceptors (Lipinski definition) is 7. The van der Waals surface area contributed by atoms with Crippen LogP contribution in [0, 0.1) is 5.92 Å². The molecule has 2 aromatic heterocycles. The molecule has 1 saturated carbocycles. The summed E-state index contributed by atoms with van der Waals surface area (Å²) in [6.07, 6.45) is 6.50. The number of aromatic nitrogens is 4. The molecule has 180 valence electrons. The van der Waals surface area contributed by atoms with Gasteiger partial charge in [0.25, 0.3) is 0 Å². The van der Waals surface area contributed by atoms with Crippen molar-refractivity contribution in [2.45, 2.75) is 51.2 Å². The quantitative estimate of drug-likeness (QED) is 0.582. The number of hydrogen-bond donors (Lipinski definition) is 2. The summed E-state index contributed by atoms with van der Waals surface area (Å²) in [5.74, 6) is 2.70. The summed E-state index contributed by atoms with van der Waals surface area (Å²) in [5.41, 5.74) is 2.70. The Morgan fingerprint density at radius 1 is 1.12 bits per heavy atom. The van der Waals surface area contributed by atoms with Gasteiger partial charge in [-0.3, -0.25) is 10.00 Å². The lowest BCUT2D eigenvalue weighted by molar-refractivity contribution is 0.147. The molecule has 2 N–H and O–H groups in total. The second kappa shape index (κ2) is 8.82. The number of nitrogens with zero attached hydrogens (tertiary/aromatic N) is 5. The van der Waals surface area contributed by atoms with Gasteiger partial charge < -0.3 is 15.0 Å². The minimum absolute atomic E-state index is 0.00756. The van der Waals surface area contributed by atoms with Gasteiger partial charge in [0.1, 0.15) is 23.5 Å². The lowest BCUT2D eigenvalue weighted by atomic mass is 9.96. The molecule has 6 rings (SSSR count). The maximum absolute atomic E-state index is 6.19. The summed E-state index contributed by atoms with van der Waals surface area (Å²) in [5, 5.41) is 12.2. The Kier molecular flexibility index (Phi) is 5.65. The van der Waals surface area contributed by atoms with Gasteiger partial charge in [-0.25, -0.2) is 9.97 Å². The second-order valence-electron chi connectivity index (χ2n) is 10.6. The van der Waals surface area contributed by atoms with Crippen LogP contribution in [0.25, 0.3) is 22.3 Å². The van der Waals surface area contributed by atoms with Crippen molar-refractivity contribution in [2.75, 3.05) is 44.2 Å². The molecule has 3 fully saturated rings. The second-order valence-corrected chi connectivity index (χ2v) is 10.6. The molecule has 34 heavy (non-hydrogen) atoms. The van der Waals surface area contributed by atoms with Crippen molar-refractivity contribution in [3.63, 3.8) is 0 Å². The Bertz CT molecular complexity index is 1150. The highest BCUT2D eigenvalue weighted by molar-refractivity contribution is 5.93. The van der Waals surface area contributed by atoms with Gasteiger partial charge in [-0.05, 0) is 76.7 Å². The molecular formula is C26H35N7O. The van der Waals surface area contributed by atoms with Gasteiger partial charge in [-0.1, -0.05) is 0 Å². The zero-order valence-electron chi connectivity index (χ0n) is 20.3. The lowest BCUT2D eigenvalue weighted by Crippen LogP contribution is -2.53. The zero-order chi connectivity index (χ0) is 23.1. The van der Waals surface area contributed by atoms with E-state index in [1.54, 1.807) is 6.33 Å². The van der Waals surface area contributed by atoms with E-state index in [2.05, 4.69) is 61.3 Å². The van der Waals surface area contributed by atoms with Crippen molar-refractivity contribution in [1.82, 2.24) is 30.4 Å². The summed E-state index contributed by atoms with van der Waals surface area (Å²) < 4.78 is 6.19. The molecule has 0 radical (unpaired) electrons. The monoisotopic (exact) mass is 461 g/mol. The predicted octanol–water partition coefficient (Wildman–Crippen LogP) is 3.46. The number of benzene rings is 1. The average Bonchev–Trinajstić information content (AvgIpc) is 3.43. The number of anilines is 1. The number of rotatable bonds is 6. The summed E-state index contributed by atoms with van der Waals surface area (Å²) >= 11 is 0. The van der Waals surface area contributed by atoms with Crippen LogP contribution >= 0.6 is 0 Å². The number of piperazine rings is 1. The van der Waals surface area contributed by atoms with E-state index in [1.165, 1.54) is 19.4 Å². The molecule has 2 aliphatic heterocycles. The Balaban J connectivity index is 1.18. The van der Waals surface area contributed by atoms with E-state index in [-0.39, 0.29) is 5.60 Å². The highest BCUT2D eigenvalue weighted by Gasteiger charge is 2.40. The topological polar surface area (TPSA) is 82.2 Å². The minimum atomic E-state index is -0.00756. The molecule has 0 bridgehead atoms. The van der Waals surface area contributed by atoms with Gasteiger partial charge in [0.05, 0.1) is 16.9 Å². The molecule has 3 aromatic rings. The van der Waals surface area contributed by atoms with Crippen LogP contribution in [0.3, 0.4) is 0 Å². The van der Waals surface area contributed by atoms with E-state index >= 15 is 0 Å². The fraction of sp³-hybridized carbons (Fsp3) is 0.577.